The molecular weight excluding hydrogens is 417 g/mol. The van der Waals surface area contributed by atoms with Gasteiger partial charge in [-0.05, 0) is 43.3 Å². The zero-order valence-electron chi connectivity index (χ0n) is 16.5. The second-order valence-corrected chi connectivity index (χ2v) is 6.19. The minimum Gasteiger partial charge on any atom is -0.508 e. The highest BCUT2D eigenvalue weighted by Crippen LogP contribution is 2.32. The second-order valence-electron chi connectivity index (χ2n) is 6.19. The fourth-order valence-corrected chi connectivity index (χ4v) is 2.59. The van der Waals surface area contributed by atoms with E-state index in [0.717, 1.165) is 18.2 Å². The maximum atomic E-state index is 13.9. The number of anilines is 1. The maximum Gasteiger partial charge on any atom is 0.308 e. The third kappa shape index (κ3) is 6.01. The molecule has 3 aromatic carbocycles. The van der Waals surface area contributed by atoms with E-state index in [1.165, 1.54) is 31.4 Å². The fraction of sp³-hybridized carbons (Fsp3) is 0.143. The third-order valence-corrected chi connectivity index (χ3v) is 4.05. The van der Waals surface area contributed by atoms with Gasteiger partial charge >= 0.3 is 5.69 Å². The topological polar surface area (TPSA) is 108 Å². The molecule has 3 rings (SSSR count). The standard InChI is InChI=1S/C15H15F2NO2.C6H4FNO3/c1-9(15-12(17)4-3-5-14(15)19-2)20-10-6-7-11(16)13(18)8-10;7-5-2-1-4(9)3-6(5)8(10)11/h3-9H,18H2,1-2H3;1-3,9H. The van der Waals surface area contributed by atoms with Gasteiger partial charge in [-0.15, -0.1) is 0 Å². The van der Waals surface area contributed by atoms with E-state index in [2.05, 4.69) is 0 Å². The van der Waals surface area contributed by atoms with Crippen LogP contribution < -0.4 is 15.2 Å². The van der Waals surface area contributed by atoms with E-state index in [1.807, 2.05) is 0 Å². The van der Waals surface area contributed by atoms with Crippen LogP contribution in [-0.4, -0.2) is 17.1 Å². The normalized spacial score (nSPS) is 11.1. The van der Waals surface area contributed by atoms with Crippen LogP contribution in [0.4, 0.5) is 24.5 Å². The highest BCUT2D eigenvalue weighted by molar-refractivity contribution is 5.46. The smallest absolute Gasteiger partial charge is 0.308 e. The van der Waals surface area contributed by atoms with Crippen molar-refractivity contribution in [3.63, 3.8) is 0 Å². The average Bonchev–Trinajstić information content (AvgIpc) is 2.72. The molecule has 3 N–H and O–H groups in total. The van der Waals surface area contributed by atoms with Crippen LogP contribution in [0.1, 0.15) is 18.6 Å². The summed E-state index contributed by atoms with van der Waals surface area (Å²) in [4.78, 5) is 9.13. The van der Waals surface area contributed by atoms with Crippen LogP contribution in [0.25, 0.3) is 0 Å². The molecule has 0 amide bonds. The van der Waals surface area contributed by atoms with Crippen LogP contribution >= 0.6 is 0 Å². The summed E-state index contributed by atoms with van der Waals surface area (Å²) in [6, 6.07) is 11.2. The largest absolute Gasteiger partial charge is 0.508 e. The highest BCUT2D eigenvalue weighted by atomic mass is 19.1. The van der Waals surface area contributed by atoms with Crippen LogP contribution in [0, 0.1) is 27.6 Å². The minimum absolute atomic E-state index is 0.0183. The van der Waals surface area contributed by atoms with E-state index in [4.69, 9.17) is 20.3 Å². The van der Waals surface area contributed by atoms with E-state index in [1.54, 1.807) is 19.1 Å². The van der Waals surface area contributed by atoms with Gasteiger partial charge in [0.1, 0.15) is 35.0 Å². The van der Waals surface area contributed by atoms with Crippen molar-refractivity contribution in [2.24, 2.45) is 0 Å². The first-order chi connectivity index (χ1) is 14.6. The number of rotatable bonds is 5. The quantitative estimate of drug-likeness (QED) is 0.326. The Bertz CT molecular complexity index is 1080. The van der Waals surface area contributed by atoms with Crippen molar-refractivity contribution in [1.29, 1.82) is 0 Å². The van der Waals surface area contributed by atoms with Crippen molar-refractivity contribution >= 4 is 11.4 Å². The summed E-state index contributed by atoms with van der Waals surface area (Å²) in [6.07, 6.45) is -0.601. The molecule has 0 aromatic heterocycles. The van der Waals surface area contributed by atoms with Crippen LogP contribution in [0.5, 0.6) is 17.2 Å². The van der Waals surface area contributed by atoms with Crippen molar-refractivity contribution in [2.75, 3.05) is 12.8 Å². The molecule has 10 heteroatoms. The predicted octanol–water partition coefficient (Wildman–Crippen LogP) is 5.14. The van der Waals surface area contributed by atoms with Gasteiger partial charge in [-0.3, -0.25) is 10.1 Å². The number of nitrogens with two attached hydrogens (primary N) is 1. The summed E-state index contributed by atoms with van der Waals surface area (Å²) in [7, 11) is 1.46. The Labute approximate surface area is 175 Å². The predicted molar refractivity (Wildman–Crippen MR) is 108 cm³/mol. The molecule has 3 aromatic rings. The second kappa shape index (κ2) is 10.2. The van der Waals surface area contributed by atoms with E-state index in [0.29, 0.717) is 17.1 Å². The third-order valence-electron chi connectivity index (χ3n) is 4.05. The lowest BCUT2D eigenvalue weighted by atomic mass is 10.1. The Morgan fingerprint density at radius 2 is 1.71 bits per heavy atom. The molecule has 7 nitrogen and oxygen atoms in total. The molecule has 0 aliphatic carbocycles. The summed E-state index contributed by atoms with van der Waals surface area (Å²) in [6.45, 7) is 1.68. The maximum absolute atomic E-state index is 13.9. The number of nitro benzene ring substituents is 1. The van der Waals surface area contributed by atoms with Gasteiger partial charge in [0.05, 0.1) is 29.4 Å². The number of nitro groups is 1. The molecule has 0 heterocycles. The lowest BCUT2D eigenvalue weighted by molar-refractivity contribution is -0.387. The van der Waals surface area contributed by atoms with Gasteiger partial charge in [0, 0.05) is 6.07 Å². The number of hydrogen-bond donors (Lipinski definition) is 2. The molecule has 0 saturated heterocycles. The molecular formula is C21H19F3N2O5. The molecule has 0 saturated carbocycles. The van der Waals surface area contributed by atoms with E-state index in [-0.39, 0.29) is 11.4 Å². The first-order valence-electron chi connectivity index (χ1n) is 8.81. The summed E-state index contributed by atoms with van der Waals surface area (Å²) >= 11 is 0. The van der Waals surface area contributed by atoms with Crippen molar-refractivity contribution in [2.45, 2.75) is 13.0 Å². The van der Waals surface area contributed by atoms with Crippen LogP contribution in [0.2, 0.25) is 0 Å². The van der Waals surface area contributed by atoms with Gasteiger partial charge in [-0.25, -0.2) is 8.78 Å². The summed E-state index contributed by atoms with van der Waals surface area (Å²) in [5.74, 6) is -1.46. The van der Waals surface area contributed by atoms with Gasteiger partial charge < -0.3 is 20.3 Å². The SMILES string of the molecule is COc1cccc(F)c1C(C)Oc1ccc(F)c(N)c1.O=[N+]([O-])c1cc(O)ccc1F. The fourth-order valence-electron chi connectivity index (χ4n) is 2.59. The van der Waals surface area contributed by atoms with Crippen molar-refractivity contribution in [1.82, 2.24) is 0 Å². The molecule has 0 bridgehead atoms. The van der Waals surface area contributed by atoms with Crippen molar-refractivity contribution in [3.05, 3.63) is 87.7 Å². The van der Waals surface area contributed by atoms with Gasteiger partial charge in [-0.1, -0.05) is 6.07 Å². The number of halogens is 3. The van der Waals surface area contributed by atoms with E-state index >= 15 is 0 Å². The summed E-state index contributed by atoms with van der Waals surface area (Å²) in [5, 5.41) is 18.7. The first kappa shape index (κ1) is 23.3. The number of hydrogen-bond acceptors (Lipinski definition) is 6. The molecule has 1 unspecified atom stereocenters. The molecule has 0 aliphatic heterocycles. The molecule has 0 aliphatic rings. The Morgan fingerprint density at radius 1 is 1.03 bits per heavy atom. The molecule has 164 valence electrons. The Balaban J connectivity index is 0.000000262. The number of aromatic hydroxyl groups is 1. The van der Waals surface area contributed by atoms with E-state index in [9.17, 15) is 23.3 Å². The van der Waals surface area contributed by atoms with Gasteiger partial charge in [0.2, 0.25) is 5.82 Å². The number of ether oxygens (including phenoxy) is 2. The van der Waals surface area contributed by atoms with Crippen LogP contribution in [0.15, 0.2) is 54.6 Å². The van der Waals surface area contributed by atoms with Crippen LogP contribution in [0.3, 0.4) is 0 Å². The van der Waals surface area contributed by atoms with Crippen LogP contribution in [-0.2, 0) is 0 Å². The number of phenolic OH excluding ortho intramolecular Hbond substituents is 1. The Morgan fingerprint density at radius 3 is 2.29 bits per heavy atom. The number of benzene rings is 3. The highest BCUT2D eigenvalue weighted by Gasteiger charge is 2.18. The molecule has 1 atom stereocenters. The Kier molecular flexibility index (Phi) is 7.67. The first-order valence-corrected chi connectivity index (χ1v) is 8.81. The van der Waals surface area contributed by atoms with Gasteiger partial charge in [0.15, 0.2) is 0 Å². The Hall–Kier alpha value is -3.95. The molecule has 31 heavy (non-hydrogen) atoms. The average molecular weight is 436 g/mol. The number of nitrogens with zero attached hydrogens (tertiary/aromatic N) is 1. The van der Waals surface area contributed by atoms with Gasteiger partial charge in [0.25, 0.3) is 0 Å². The monoisotopic (exact) mass is 436 g/mol. The summed E-state index contributed by atoms with van der Waals surface area (Å²) in [5.41, 5.74) is 5.03. The minimum atomic E-state index is -0.951. The number of nitrogen functional groups attached to an aromatic ring is 1. The zero-order chi connectivity index (χ0) is 23.1. The molecule has 0 spiro atoms. The molecule has 0 fully saturated rings. The van der Waals surface area contributed by atoms with Gasteiger partial charge in [-0.2, -0.15) is 4.39 Å². The van der Waals surface area contributed by atoms with Crippen molar-refractivity contribution < 1.29 is 32.7 Å². The number of phenols is 1. The van der Waals surface area contributed by atoms with E-state index < -0.39 is 34.2 Å². The zero-order valence-corrected chi connectivity index (χ0v) is 16.5. The lowest BCUT2D eigenvalue weighted by Gasteiger charge is -2.18. The molecule has 0 radical (unpaired) electrons. The lowest BCUT2D eigenvalue weighted by Crippen LogP contribution is -2.08. The van der Waals surface area contributed by atoms with Crippen molar-refractivity contribution in [3.8, 4) is 17.2 Å². The number of methoxy groups -OCH3 is 1. The summed E-state index contributed by atoms with van der Waals surface area (Å²) < 4.78 is 50.2.